The molecule has 0 aromatic heterocycles. The van der Waals surface area contributed by atoms with E-state index in [-0.39, 0.29) is 0 Å². The minimum absolute atomic E-state index is 0.691. The van der Waals surface area contributed by atoms with Crippen LogP contribution < -0.4 is 0 Å². The molecular weight excluding hydrogens is 242 g/mol. The van der Waals surface area contributed by atoms with Crippen molar-refractivity contribution in [1.29, 1.82) is 0 Å². The lowest BCUT2D eigenvalue weighted by Crippen LogP contribution is -2.18. The molecule has 0 amide bonds. The van der Waals surface area contributed by atoms with E-state index in [2.05, 4.69) is 45.1 Å². The van der Waals surface area contributed by atoms with Crippen molar-refractivity contribution in [3.63, 3.8) is 0 Å². The minimum atomic E-state index is 0.691. The first-order valence-corrected chi connectivity index (χ1v) is 5.41. The summed E-state index contributed by atoms with van der Waals surface area (Å²) in [4.78, 5) is 2.15. The molecule has 0 aliphatic carbocycles. The molecule has 3 heteroatoms. The van der Waals surface area contributed by atoms with Gasteiger partial charge in [0.25, 0.3) is 0 Å². The van der Waals surface area contributed by atoms with Gasteiger partial charge in [0.2, 0.25) is 0 Å². The molecule has 0 saturated heterocycles. The summed E-state index contributed by atoms with van der Waals surface area (Å²) in [6, 6.07) is 8.44. The second kappa shape index (κ2) is 4.51. The second-order valence-electron chi connectivity index (χ2n) is 3.27. The zero-order chi connectivity index (χ0) is 9.80. The van der Waals surface area contributed by atoms with Crippen LogP contribution in [-0.4, -0.2) is 18.2 Å². The third-order valence-corrected chi connectivity index (χ3v) is 2.74. The molecule has 1 aliphatic rings. The van der Waals surface area contributed by atoms with Gasteiger partial charge in [-0.3, -0.25) is 0 Å². The van der Waals surface area contributed by atoms with Gasteiger partial charge in [-0.05, 0) is 24.1 Å². The summed E-state index contributed by atoms with van der Waals surface area (Å²) in [5, 5.41) is 0. The highest BCUT2D eigenvalue weighted by Crippen LogP contribution is 2.11. The van der Waals surface area contributed by atoms with Crippen LogP contribution in [0.25, 0.3) is 0 Å². The first kappa shape index (κ1) is 9.59. The van der Waals surface area contributed by atoms with Gasteiger partial charge < -0.3 is 9.64 Å². The molecule has 2 rings (SSSR count). The Balaban J connectivity index is 1.85. The predicted molar refractivity (Wildman–Crippen MR) is 59.6 cm³/mol. The standard InChI is InChI=1S/C11H12BrNO/c12-11-3-1-10(2-4-11)5-6-13-7-8-14-9-13/h1-4,7-8H,5-6,9H2. The monoisotopic (exact) mass is 253 g/mol. The van der Waals surface area contributed by atoms with Crippen LogP contribution in [0, 0.1) is 0 Å². The Morgan fingerprint density at radius 1 is 1.29 bits per heavy atom. The van der Waals surface area contributed by atoms with E-state index in [4.69, 9.17) is 4.74 Å². The summed E-state index contributed by atoms with van der Waals surface area (Å²) in [5.41, 5.74) is 1.36. The van der Waals surface area contributed by atoms with Crippen molar-refractivity contribution < 1.29 is 4.74 Å². The highest BCUT2D eigenvalue weighted by molar-refractivity contribution is 9.10. The fourth-order valence-electron chi connectivity index (χ4n) is 1.37. The first-order chi connectivity index (χ1) is 6.84. The second-order valence-corrected chi connectivity index (χ2v) is 4.19. The van der Waals surface area contributed by atoms with Crippen LogP contribution in [0.15, 0.2) is 41.2 Å². The maximum atomic E-state index is 5.10. The lowest BCUT2D eigenvalue weighted by atomic mass is 10.1. The van der Waals surface area contributed by atoms with E-state index in [9.17, 15) is 0 Å². The van der Waals surface area contributed by atoms with Gasteiger partial charge in [-0.2, -0.15) is 0 Å². The zero-order valence-electron chi connectivity index (χ0n) is 7.82. The summed E-state index contributed by atoms with van der Waals surface area (Å²) < 4.78 is 6.23. The van der Waals surface area contributed by atoms with Crippen LogP contribution in [-0.2, 0) is 11.2 Å². The van der Waals surface area contributed by atoms with Gasteiger partial charge in [0.15, 0.2) is 6.73 Å². The maximum absolute atomic E-state index is 5.10. The third-order valence-electron chi connectivity index (χ3n) is 2.21. The van der Waals surface area contributed by atoms with Gasteiger partial charge in [-0.25, -0.2) is 0 Å². The lowest BCUT2D eigenvalue weighted by molar-refractivity contribution is 0.172. The van der Waals surface area contributed by atoms with E-state index >= 15 is 0 Å². The summed E-state index contributed by atoms with van der Waals surface area (Å²) in [6.45, 7) is 1.70. The molecule has 1 aliphatic heterocycles. The van der Waals surface area contributed by atoms with E-state index < -0.39 is 0 Å². The van der Waals surface area contributed by atoms with Gasteiger partial charge in [0.1, 0.15) is 6.26 Å². The molecule has 0 fully saturated rings. The summed E-state index contributed by atoms with van der Waals surface area (Å²) in [7, 11) is 0. The number of hydrogen-bond donors (Lipinski definition) is 0. The number of ether oxygens (including phenoxy) is 1. The molecule has 0 saturated carbocycles. The molecule has 1 heterocycles. The van der Waals surface area contributed by atoms with Crippen molar-refractivity contribution in [2.75, 3.05) is 13.3 Å². The van der Waals surface area contributed by atoms with Crippen LogP contribution in [0.1, 0.15) is 5.56 Å². The molecule has 0 spiro atoms. The molecule has 1 aromatic carbocycles. The van der Waals surface area contributed by atoms with Gasteiger partial charge in [0.05, 0.1) is 0 Å². The summed E-state index contributed by atoms with van der Waals surface area (Å²) >= 11 is 3.42. The van der Waals surface area contributed by atoms with Crippen molar-refractivity contribution in [3.8, 4) is 0 Å². The van der Waals surface area contributed by atoms with Crippen molar-refractivity contribution in [1.82, 2.24) is 4.90 Å². The van der Waals surface area contributed by atoms with Gasteiger partial charge >= 0.3 is 0 Å². The number of halogens is 1. The van der Waals surface area contributed by atoms with E-state index in [1.807, 2.05) is 6.20 Å². The van der Waals surface area contributed by atoms with Crippen molar-refractivity contribution in [2.24, 2.45) is 0 Å². The molecule has 0 N–H and O–H groups in total. The van der Waals surface area contributed by atoms with Crippen LogP contribution in [0.2, 0.25) is 0 Å². The van der Waals surface area contributed by atoms with Gasteiger partial charge in [-0.15, -0.1) is 0 Å². The Morgan fingerprint density at radius 2 is 2.07 bits per heavy atom. The van der Waals surface area contributed by atoms with Gasteiger partial charge in [0, 0.05) is 17.2 Å². The fraction of sp³-hybridized carbons (Fsp3) is 0.273. The van der Waals surface area contributed by atoms with Gasteiger partial charge in [-0.1, -0.05) is 28.1 Å². The van der Waals surface area contributed by atoms with E-state index in [1.54, 1.807) is 6.26 Å². The summed E-state index contributed by atoms with van der Waals surface area (Å²) in [5.74, 6) is 0. The molecule has 0 unspecified atom stereocenters. The number of benzene rings is 1. The highest BCUT2D eigenvalue weighted by atomic mass is 79.9. The van der Waals surface area contributed by atoms with E-state index in [0.717, 1.165) is 17.4 Å². The third kappa shape index (κ3) is 2.51. The summed E-state index contributed by atoms with van der Waals surface area (Å²) in [6.07, 6.45) is 4.78. The average Bonchev–Trinajstić information content (AvgIpc) is 2.70. The van der Waals surface area contributed by atoms with E-state index in [0.29, 0.717) is 6.73 Å². The van der Waals surface area contributed by atoms with E-state index in [1.165, 1.54) is 5.56 Å². The molecule has 1 aromatic rings. The van der Waals surface area contributed by atoms with Crippen LogP contribution in [0.3, 0.4) is 0 Å². The van der Waals surface area contributed by atoms with Crippen LogP contribution >= 0.6 is 15.9 Å². The first-order valence-electron chi connectivity index (χ1n) is 4.61. The molecule has 0 bridgehead atoms. The maximum Gasteiger partial charge on any atom is 0.160 e. The average molecular weight is 254 g/mol. The molecule has 0 atom stereocenters. The Bertz CT molecular complexity index is 321. The smallest absolute Gasteiger partial charge is 0.160 e. The van der Waals surface area contributed by atoms with Crippen LogP contribution in [0.5, 0.6) is 0 Å². The van der Waals surface area contributed by atoms with Crippen LogP contribution in [0.4, 0.5) is 0 Å². The lowest BCUT2D eigenvalue weighted by Gasteiger charge is -2.13. The number of nitrogens with zero attached hydrogens (tertiary/aromatic N) is 1. The molecule has 2 nitrogen and oxygen atoms in total. The topological polar surface area (TPSA) is 12.5 Å². The Labute approximate surface area is 92.3 Å². The Kier molecular flexibility index (Phi) is 3.09. The predicted octanol–water partition coefficient (Wildman–Crippen LogP) is 2.75. The largest absolute Gasteiger partial charge is 0.479 e. The SMILES string of the molecule is Brc1ccc(CCN2C=COC2)cc1. The molecule has 0 radical (unpaired) electrons. The zero-order valence-corrected chi connectivity index (χ0v) is 9.40. The molecule has 14 heavy (non-hydrogen) atoms. The highest BCUT2D eigenvalue weighted by Gasteiger charge is 2.04. The fourth-order valence-corrected chi connectivity index (χ4v) is 1.64. The minimum Gasteiger partial charge on any atom is -0.479 e. The Morgan fingerprint density at radius 3 is 2.71 bits per heavy atom. The quantitative estimate of drug-likeness (QED) is 0.822. The number of hydrogen-bond acceptors (Lipinski definition) is 2. The number of rotatable bonds is 3. The normalized spacial score (nSPS) is 14.5. The molecular formula is C11H12BrNO. The van der Waals surface area contributed by atoms with Crippen molar-refractivity contribution in [2.45, 2.75) is 6.42 Å². The molecule has 74 valence electrons. The van der Waals surface area contributed by atoms with Crippen molar-refractivity contribution >= 4 is 15.9 Å². The Hall–Kier alpha value is -0.960. The van der Waals surface area contributed by atoms with Crippen molar-refractivity contribution in [3.05, 3.63) is 46.8 Å².